The molecule has 3 aliphatic heterocycles. The van der Waals surface area contributed by atoms with E-state index in [2.05, 4.69) is 45.2 Å². The molecule has 2 aromatic rings. The van der Waals surface area contributed by atoms with Crippen molar-refractivity contribution in [2.45, 2.75) is 38.9 Å². The van der Waals surface area contributed by atoms with Crippen LogP contribution >= 0.6 is 0 Å². The summed E-state index contributed by atoms with van der Waals surface area (Å²) >= 11 is 0. The fraction of sp³-hybridized carbons (Fsp3) is 0.500. The third-order valence-electron chi connectivity index (χ3n) is 5.58. The van der Waals surface area contributed by atoms with Gasteiger partial charge in [-0.05, 0) is 31.2 Å². The van der Waals surface area contributed by atoms with E-state index in [4.69, 9.17) is 5.73 Å². The average Bonchev–Trinajstić information content (AvgIpc) is 2.78. The number of anilines is 1. The average molecular weight is 353 g/mol. The highest BCUT2D eigenvalue weighted by Crippen LogP contribution is 2.29. The number of piperidine rings is 1. The van der Waals surface area contributed by atoms with Crippen LogP contribution in [0.1, 0.15) is 24.1 Å². The van der Waals surface area contributed by atoms with E-state index in [1.165, 1.54) is 12.0 Å². The molecule has 0 spiro atoms. The van der Waals surface area contributed by atoms with E-state index in [1.807, 2.05) is 13.0 Å². The van der Waals surface area contributed by atoms with Crippen LogP contribution in [0.25, 0.3) is 0 Å². The van der Waals surface area contributed by atoms with Gasteiger partial charge in [-0.2, -0.15) is 5.10 Å². The molecular weight excluding hydrogens is 326 g/mol. The monoisotopic (exact) mass is 353 g/mol. The molecule has 1 aromatic carbocycles. The van der Waals surface area contributed by atoms with Gasteiger partial charge in [0.2, 0.25) is 5.91 Å². The second-order valence-corrected chi connectivity index (χ2v) is 7.69. The van der Waals surface area contributed by atoms with Crippen LogP contribution in [0.15, 0.2) is 36.4 Å². The first-order chi connectivity index (χ1) is 12.6. The van der Waals surface area contributed by atoms with Crippen LogP contribution in [0.5, 0.6) is 0 Å². The maximum absolute atomic E-state index is 12.9. The van der Waals surface area contributed by atoms with Gasteiger partial charge in [-0.25, -0.2) is 4.68 Å². The second kappa shape index (κ2) is 7.11. The lowest BCUT2D eigenvalue weighted by Gasteiger charge is -2.36. The Morgan fingerprint density at radius 2 is 2.00 bits per heavy atom. The number of hydrogen-bond donors (Lipinski definition) is 1. The van der Waals surface area contributed by atoms with Crippen molar-refractivity contribution < 1.29 is 4.79 Å². The normalized spacial score (nSPS) is 23.2. The minimum Gasteiger partial charge on any atom is -0.384 e. The summed E-state index contributed by atoms with van der Waals surface area (Å²) in [6.07, 6.45) is 2.30. The van der Waals surface area contributed by atoms with E-state index in [0.29, 0.717) is 17.8 Å². The first-order valence-corrected chi connectivity index (χ1v) is 9.44. The summed E-state index contributed by atoms with van der Waals surface area (Å²) in [7, 11) is 0. The molecule has 2 bridgehead atoms. The van der Waals surface area contributed by atoms with Gasteiger partial charge in [0.1, 0.15) is 12.4 Å². The van der Waals surface area contributed by atoms with Gasteiger partial charge in [-0.15, -0.1) is 0 Å². The first kappa shape index (κ1) is 17.1. The van der Waals surface area contributed by atoms with E-state index in [9.17, 15) is 4.79 Å². The number of nitrogens with two attached hydrogens (primary N) is 1. The van der Waals surface area contributed by atoms with Gasteiger partial charge in [0.15, 0.2) is 0 Å². The van der Waals surface area contributed by atoms with Crippen molar-refractivity contribution in [2.75, 3.05) is 25.4 Å². The van der Waals surface area contributed by atoms with Crippen molar-refractivity contribution in [2.24, 2.45) is 5.92 Å². The van der Waals surface area contributed by atoms with Crippen LogP contribution in [-0.2, 0) is 17.9 Å². The third kappa shape index (κ3) is 3.60. The van der Waals surface area contributed by atoms with Crippen LogP contribution in [0.3, 0.4) is 0 Å². The van der Waals surface area contributed by atoms with Crippen LogP contribution in [-0.4, -0.2) is 51.2 Å². The quantitative estimate of drug-likeness (QED) is 0.912. The zero-order chi connectivity index (χ0) is 18.1. The van der Waals surface area contributed by atoms with Crippen LogP contribution in [0.4, 0.5) is 5.82 Å². The zero-order valence-electron chi connectivity index (χ0n) is 15.3. The summed E-state index contributed by atoms with van der Waals surface area (Å²) < 4.78 is 1.62. The summed E-state index contributed by atoms with van der Waals surface area (Å²) in [5, 5.41) is 4.34. The Morgan fingerprint density at radius 3 is 2.73 bits per heavy atom. The van der Waals surface area contributed by atoms with Gasteiger partial charge in [-0.3, -0.25) is 9.69 Å². The molecule has 1 amide bonds. The molecule has 26 heavy (non-hydrogen) atoms. The molecule has 0 unspecified atom stereocenters. The Hall–Kier alpha value is -2.34. The standard InChI is InChI=1S/C20H27N5O/c1-15-9-19(21)25(22-15)14-20(26)24-12-17-7-8-18(24)13-23(11-17)10-16-5-3-2-4-6-16/h2-6,9,17-18H,7-8,10-14,21H2,1H3/t17-,18+/m1/s1. The van der Waals surface area contributed by atoms with Crippen LogP contribution in [0.2, 0.25) is 0 Å². The summed E-state index contributed by atoms with van der Waals surface area (Å²) in [5.41, 5.74) is 8.14. The summed E-state index contributed by atoms with van der Waals surface area (Å²) in [6, 6.07) is 12.7. The molecule has 0 saturated carbocycles. The van der Waals surface area contributed by atoms with Crippen LogP contribution in [0, 0.1) is 12.8 Å². The smallest absolute Gasteiger partial charge is 0.244 e. The van der Waals surface area contributed by atoms with Gasteiger partial charge < -0.3 is 10.6 Å². The number of aryl methyl sites for hydroxylation is 1. The van der Waals surface area contributed by atoms with Crippen molar-refractivity contribution >= 4 is 11.7 Å². The predicted octanol–water partition coefficient (Wildman–Crippen LogP) is 1.90. The van der Waals surface area contributed by atoms with Gasteiger partial charge in [0.05, 0.1) is 5.69 Å². The van der Waals surface area contributed by atoms with Gasteiger partial charge in [0, 0.05) is 38.3 Å². The highest BCUT2D eigenvalue weighted by Gasteiger charge is 2.37. The van der Waals surface area contributed by atoms with E-state index in [1.54, 1.807) is 4.68 Å². The second-order valence-electron chi connectivity index (χ2n) is 7.69. The Morgan fingerprint density at radius 1 is 1.19 bits per heavy atom. The van der Waals surface area contributed by atoms with Crippen molar-refractivity contribution in [3.63, 3.8) is 0 Å². The van der Waals surface area contributed by atoms with Crippen molar-refractivity contribution in [1.29, 1.82) is 0 Å². The Labute approximate surface area is 154 Å². The number of carbonyl (C=O) groups is 1. The predicted molar refractivity (Wildman–Crippen MR) is 101 cm³/mol. The van der Waals surface area contributed by atoms with Crippen molar-refractivity contribution in [3.05, 3.63) is 47.7 Å². The molecule has 2 N–H and O–H groups in total. The van der Waals surface area contributed by atoms with Gasteiger partial charge in [0.25, 0.3) is 0 Å². The van der Waals surface area contributed by atoms with E-state index in [0.717, 1.165) is 38.3 Å². The van der Waals surface area contributed by atoms with E-state index < -0.39 is 0 Å². The number of benzene rings is 1. The number of aromatic nitrogens is 2. The first-order valence-electron chi connectivity index (χ1n) is 9.44. The molecule has 6 heteroatoms. The third-order valence-corrected chi connectivity index (χ3v) is 5.58. The molecule has 3 fully saturated rings. The van der Waals surface area contributed by atoms with Crippen LogP contribution < -0.4 is 5.73 Å². The zero-order valence-corrected chi connectivity index (χ0v) is 15.3. The molecule has 1 aromatic heterocycles. The fourth-order valence-electron chi connectivity index (χ4n) is 4.37. The van der Waals surface area contributed by atoms with Crippen molar-refractivity contribution in [3.8, 4) is 0 Å². The molecule has 0 radical (unpaired) electrons. The molecule has 4 heterocycles. The number of carbonyl (C=O) groups excluding carboxylic acids is 1. The van der Waals surface area contributed by atoms with E-state index >= 15 is 0 Å². The molecule has 2 atom stereocenters. The molecule has 6 nitrogen and oxygen atoms in total. The minimum atomic E-state index is 0.135. The highest BCUT2D eigenvalue weighted by atomic mass is 16.2. The molecule has 3 saturated heterocycles. The topological polar surface area (TPSA) is 67.4 Å². The summed E-state index contributed by atoms with van der Waals surface area (Å²) in [6.45, 7) is 5.97. The maximum Gasteiger partial charge on any atom is 0.244 e. The SMILES string of the molecule is Cc1cc(N)n(CC(=O)N2C[C@@H]3CC[C@H]2CN(Cc2ccccc2)C3)n1. The number of fused-ring (bicyclic) bond motifs is 4. The summed E-state index contributed by atoms with van der Waals surface area (Å²) in [5.74, 6) is 1.25. The fourth-order valence-corrected chi connectivity index (χ4v) is 4.37. The molecular formula is C20H27N5O. The Balaban J connectivity index is 1.44. The molecule has 0 aliphatic carbocycles. The summed E-state index contributed by atoms with van der Waals surface area (Å²) in [4.78, 5) is 17.5. The lowest BCUT2D eigenvalue weighted by molar-refractivity contribution is -0.136. The molecule has 3 aliphatic rings. The van der Waals surface area contributed by atoms with Gasteiger partial charge in [-0.1, -0.05) is 30.3 Å². The number of amides is 1. The van der Waals surface area contributed by atoms with Crippen molar-refractivity contribution in [1.82, 2.24) is 19.6 Å². The lowest BCUT2D eigenvalue weighted by atomic mass is 9.95. The Bertz CT molecular complexity index is 772. The van der Waals surface area contributed by atoms with Gasteiger partial charge >= 0.3 is 0 Å². The molecule has 5 rings (SSSR count). The minimum absolute atomic E-state index is 0.135. The Kier molecular flexibility index (Phi) is 4.68. The molecule has 138 valence electrons. The lowest BCUT2D eigenvalue weighted by Crippen LogP contribution is -2.48. The number of hydrogen-bond acceptors (Lipinski definition) is 4. The number of nitrogens with zero attached hydrogens (tertiary/aromatic N) is 4. The number of rotatable bonds is 4. The van der Waals surface area contributed by atoms with E-state index in [-0.39, 0.29) is 12.5 Å². The number of nitrogen functional groups attached to an aromatic ring is 1. The highest BCUT2D eigenvalue weighted by molar-refractivity contribution is 5.77. The maximum atomic E-state index is 12.9. The largest absolute Gasteiger partial charge is 0.384 e.